The molecule has 21 heavy (non-hydrogen) atoms. The molecule has 1 atom stereocenters. The van der Waals surface area contributed by atoms with Crippen molar-refractivity contribution in [2.75, 3.05) is 24.3 Å². The quantitative estimate of drug-likeness (QED) is 0.753. The normalized spacial score (nSPS) is 21.3. The second-order valence-corrected chi connectivity index (χ2v) is 10.3. The van der Waals surface area contributed by atoms with Crippen molar-refractivity contribution in [2.24, 2.45) is 0 Å². The minimum Gasteiger partial charge on any atom is -0.227 e. The van der Waals surface area contributed by atoms with E-state index in [0.717, 1.165) is 10.6 Å². The number of sulfone groups is 1. The SMILES string of the molecule is CS(=O)(=O)C1CSCCN1S(=O)(=O)c1cccc(CCl)c1. The number of hydrogen-bond donors (Lipinski definition) is 0. The highest BCUT2D eigenvalue weighted by Gasteiger charge is 2.39. The molecule has 2 rings (SSSR count). The molecule has 1 aliphatic heterocycles. The molecule has 9 heteroatoms. The van der Waals surface area contributed by atoms with E-state index in [2.05, 4.69) is 0 Å². The van der Waals surface area contributed by atoms with Gasteiger partial charge in [-0.15, -0.1) is 11.6 Å². The lowest BCUT2D eigenvalue weighted by atomic mass is 10.2. The standard InChI is InChI=1S/C12H16ClNO4S3/c1-20(15,16)12-9-19-6-5-14(12)21(17,18)11-4-2-3-10(7-11)8-13/h2-4,7,12H,5-6,8-9H2,1H3. The molecule has 1 heterocycles. The molecule has 0 spiro atoms. The van der Waals surface area contributed by atoms with Crippen molar-refractivity contribution in [2.45, 2.75) is 16.1 Å². The number of thioether (sulfide) groups is 1. The molecule has 0 amide bonds. The Labute approximate surface area is 134 Å². The van der Waals surface area contributed by atoms with Crippen LogP contribution in [-0.2, 0) is 25.7 Å². The van der Waals surface area contributed by atoms with Gasteiger partial charge in [-0.25, -0.2) is 16.8 Å². The molecule has 1 aromatic carbocycles. The fraction of sp³-hybridized carbons (Fsp3) is 0.500. The lowest BCUT2D eigenvalue weighted by Crippen LogP contribution is -2.49. The van der Waals surface area contributed by atoms with Crippen molar-refractivity contribution in [3.05, 3.63) is 29.8 Å². The molecule has 1 saturated heterocycles. The van der Waals surface area contributed by atoms with Crippen molar-refractivity contribution in [1.82, 2.24) is 4.31 Å². The lowest BCUT2D eigenvalue weighted by Gasteiger charge is -2.33. The van der Waals surface area contributed by atoms with Crippen molar-refractivity contribution in [3.8, 4) is 0 Å². The Balaban J connectivity index is 2.45. The third-order valence-corrected chi connectivity index (χ3v) is 8.18. The Hall–Kier alpha value is -0.280. The number of alkyl halides is 1. The minimum absolute atomic E-state index is 0.0844. The van der Waals surface area contributed by atoms with Crippen molar-refractivity contribution in [3.63, 3.8) is 0 Å². The van der Waals surface area contributed by atoms with E-state index in [1.807, 2.05) is 0 Å². The number of hydrogen-bond acceptors (Lipinski definition) is 5. The van der Waals surface area contributed by atoms with Crippen molar-refractivity contribution in [1.29, 1.82) is 0 Å². The van der Waals surface area contributed by atoms with Gasteiger partial charge in [-0.2, -0.15) is 16.1 Å². The molecule has 5 nitrogen and oxygen atoms in total. The molecule has 0 aliphatic carbocycles. The van der Waals surface area contributed by atoms with Gasteiger partial charge in [0.15, 0.2) is 9.84 Å². The van der Waals surface area contributed by atoms with Crippen LogP contribution in [0.15, 0.2) is 29.2 Å². The zero-order valence-electron chi connectivity index (χ0n) is 11.4. The van der Waals surface area contributed by atoms with Crippen LogP contribution in [0.3, 0.4) is 0 Å². The highest BCUT2D eigenvalue weighted by atomic mass is 35.5. The Kier molecular flexibility index (Phi) is 5.25. The van der Waals surface area contributed by atoms with E-state index in [-0.39, 0.29) is 23.1 Å². The van der Waals surface area contributed by atoms with E-state index in [4.69, 9.17) is 11.6 Å². The van der Waals surface area contributed by atoms with Crippen LogP contribution in [0, 0.1) is 0 Å². The number of benzene rings is 1. The van der Waals surface area contributed by atoms with Gasteiger partial charge in [-0.05, 0) is 17.7 Å². The summed E-state index contributed by atoms with van der Waals surface area (Å²) in [7, 11) is -7.33. The molecule has 1 fully saturated rings. The Morgan fingerprint density at radius 3 is 2.67 bits per heavy atom. The molecule has 0 aromatic heterocycles. The zero-order chi connectivity index (χ0) is 15.7. The summed E-state index contributed by atoms with van der Waals surface area (Å²) >= 11 is 7.17. The molecule has 0 bridgehead atoms. The predicted molar refractivity (Wildman–Crippen MR) is 85.8 cm³/mol. The summed E-state index contributed by atoms with van der Waals surface area (Å²) in [5.74, 6) is 1.04. The monoisotopic (exact) mass is 369 g/mol. The van der Waals surface area contributed by atoms with Gasteiger partial charge < -0.3 is 0 Å². The third-order valence-electron chi connectivity index (χ3n) is 3.19. The number of rotatable bonds is 4. The number of halogens is 1. The van der Waals surface area contributed by atoms with Gasteiger partial charge in [-0.1, -0.05) is 12.1 Å². The van der Waals surface area contributed by atoms with Gasteiger partial charge in [0.2, 0.25) is 10.0 Å². The average Bonchev–Trinajstić information content (AvgIpc) is 2.46. The van der Waals surface area contributed by atoms with Gasteiger partial charge in [0.1, 0.15) is 5.37 Å². The Bertz CT molecular complexity index is 718. The maximum atomic E-state index is 12.7. The highest BCUT2D eigenvalue weighted by molar-refractivity contribution is 8.01. The lowest BCUT2D eigenvalue weighted by molar-refractivity contribution is 0.405. The third kappa shape index (κ3) is 3.73. The largest absolute Gasteiger partial charge is 0.244 e. The molecule has 1 unspecified atom stereocenters. The van der Waals surface area contributed by atoms with E-state index in [9.17, 15) is 16.8 Å². The van der Waals surface area contributed by atoms with Crippen LogP contribution >= 0.6 is 23.4 Å². The average molecular weight is 370 g/mol. The summed E-state index contributed by atoms with van der Waals surface area (Å²) in [6.45, 7) is 0.190. The molecule has 0 saturated carbocycles. The van der Waals surface area contributed by atoms with Gasteiger partial charge in [0, 0.05) is 30.2 Å². The van der Waals surface area contributed by atoms with Gasteiger partial charge in [0.25, 0.3) is 0 Å². The Morgan fingerprint density at radius 2 is 2.05 bits per heavy atom. The summed E-state index contributed by atoms with van der Waals surface area (Å²) in [4.78, 5) is 0.0844. The summed E-state index contributed by atoms with van der Waals surface area (Å²) < 4.78 is 50.2. The van der Waals surface area contributed by atoms with Crippen LogP contribution in [0.1, 0.15) is 5.56 Å². The van der Waals surface area contributed by atoms with Gasteiger partial charge >= 0.3 is 0 Å². The van der Waals surface area contributed by atoms with E-state index in [0.29, 0.717) is 11.3 Å². The predicted octanol–water partition coefficient (Wildman–Crippen LogP) is 1.53. The maximum absolute atomic E-state index is 12.7. The second kappa shape index (κ2) is 6.45. The van der Waals surface area contributed by atoms with E-state index < -0.39 is 25.2 Å². The van der Waals surface area contributed by atoms with Crippen LogP contribution in [0.2, 0.25) is 0 Å². The fourth-order valence-corrected chi connectivity index (χ4v) is 7.51. The van der Waals surface area contributed by atoms with Crippen LogP contribution in [0.4, 0.5) is 0 Å². The van der Waals surface area contributed by atoms with Crippen LogP contribution < -0.4 is 0 Å². The van der Waals surface area contributed by atoms with Gasteiger partial charge in [0.05, 0.1) is 4.90 Å². The molecule has 1 aromatic rings. The first-order valence-electron chi connectivity index (χ1n) is 6.20. The van der Waals surface area contributed by atoms with E-state index >= 15 is 0 Å². The van der Waals surface area contributed by atoms with Crippen LogP contribution in [0.5, 0.6) is 0 Å². The van der Waals surface area contributed by atoms with Gasteiger partial charge in [-0.3, -0.25) is 0 Å². The van der Waals surface area contributed by atoms with Crippen LogP contribution in [-0.4, -0.2) is 50.8 Å². The molecule has 0 radical (unpaired) electrons. The molecule has 0 N–H and O–H groups in total. The summed E-state index contributed by atoms with van der Waals surface area (Å²) in [6.07, 6.45) is 1.07. The smallest absolute Gasteiger partial charge is 0.227 e. The van der Waals surface area contributed by atoms with Crippen molar-refractivity contribution < 1.29 is 16.8 Å². The number of nitrogens with zero attached hydrogens (tertiary/aromatic N) is 1. The summed E-state index contributed by atoms with van der Waals surface area (Å²) in [5.41, 5.74) is 0.681. The van der Waals surface area contributed by atoms with Crippen LogP contribution in [0.25, 0.3) is 0 Å². The summed E-state index contributed by atoms with van der Waals surface area (Å²) in [5, 5.41) is -1.01. The Morgan fingerprint density at radius 1 is 1.33 bits per heavy atom. The first-order valence-corrected chi connectivity index (χ1v) is 11.3. The maximum Gasteiger partial charge on any atom is 0.244 e. The first-order chi connectivity index (χ1) is 9.76. The van der Waals surface area contributed by atoms with E-state index in [1.54, 1.807) is 12.1 Å². The minimum atomic E-state index is -3.84. The summed E-state index contributed by atoms with van der Waals surface area (Å²) in [6, 6.07) is 6.29. The highest BCUT2D eigenvalue weighted by Crippen LogP contribution is 2.27. The molecular weight excluding hydrogens is 354 g/mol. The van der Waals surface area contributed by atoms with E-state index in [1.165, 1.54) is 23.9 Å². The molecule has 1 aliphatic rings. The molecule has 118 valence electrons. The fourth-order valence-electron chi connectivity index (χ4n) is 2.10. The number of sulfonamides is 1. The molecular formula is C12H16ClNO4S3. The second-order valence-electron chi connectivity index (χ2n) is 4.76. The zero-order valence-corrected chi connectivity index (χ0v) is 14.6. The first kappa shape index (κ1) is 17.1. The van der Waals surface area contributed by atoms with Crippen molar-refractivity contribution >= 4 is 43.2 Å². The topological polar surface area (TPSA) is 71.5 Å².